The summed E-state index contributed by atoms with van der Waals surface area (Å²) in [5, 5.41) is 13.4. The van der Waals surface area contributed by atoms with Gasteiger partial charge < -0.3 is 19.6 Å². The molecule has 4 saturated carbocycles. The Kier molecular flexibility index (Phi) is 8.17. The van der Waals surface area contributed by atoms with Crippen molar-refractivity contribution >= 4 is 50.3 Å². The highest BCUT2D eigenvalue weighted by Crippen LogP contribution is 2.60. The van der Waals surface area contributed by atoms with Crippen LogP contribution in [-0.2, 0) is 13.0 Å². The molecule has 10 heteroatoms. The van der Waals surface area contributed by atoms with Crippen molar-refractivity contribution in [1.82, 2.24) is 9.97 Å². The molecule has 3 heterocycles. The van der Waals surface area contributed by atoms with Crippen molar-refractivity contribution in [2.45, 2.75) is 58.4 Å². The summed E-state index contributed by atoms with van der Waals surface area (Å²) in [5.41, 5.74) is 7.65. The second kappa shape index (κ2) is 12.9. The first kappa shape index (κ1) is 32.9. The van der Waals surface area contributed by atoms with Crippen LogP contribution in [0, 0.1) is 30.1 Å². The van der Waals surface area contributed by atoms with Crippen LogP contribution in [0.4, 0.5) is 21.4 Å². The third-order valence-electron chi connectivity index (χ3n) is 12.1. The van der Waals surface area contributed by atoms with E-state index in [0.29, 0.717) is 47.0 Å². The molecule has 4 fully saturated rings. The van der Waals surface area contributed by atoms with Crippen molar-refractivity contribution in [3.05, 3.63) is 95.1 Å². The number of carbonyl (C=O) groups excluding carboxylic acids is 1. The number of nitrogens with one attached hydrogen (secondary N) is 1. The average Bonchev–Trinajstić information content (AvgIpc) is 3.52. The molecule has 5 aromatic rings. The van der Waals surface area contributed by atoms with Crippen molar-refractivity contribution in [3.8, 4) is 17.0 Å². The maximum atomic E-state index is 13.6. The second-order valence-corrected chi connectivity index (χ2v) is 16.7. The minimum absolute atomic E-state index is 0.0571. The monoisotopic (exact) mass is 713 g/mol. The van der Waals surface area contributed by atoms with Crippen LogP contribution < -0.4 is 19.9 Å². The van der Waals surface area contributed by atoms with E-state index in [1.807, 2.05) is 54.6 Å². The minimum Gasteiger partial charge on any atom is -0.449 e. The molecular weight excluding hydrogens is 671 g/mol. The molecule has 1 amide bonds. The van der Waals surface area contributed by atoms with Gasteiger partial charge in [-0.15, -0.1) is 0 Å². The van der Waals surface area contributed by atoms with Gasteiger partial charge in [-0.3, -0.25) is 10.1 Å². The molecule has 0 spiro atoms. The highest BCUT2D eigenvalue weighted by atomic mass is 32.1. The zero-order valence-electron chi connectivity index (χ0n) is 29.6. The summed E-state index contributed by atoms with van der Waals surface area (Å²) in [4.78, 5) is 39.5. The maximum Gasteiger partial charge on any atom is 0.512 e. The molecule has 52 heavy (non-hydrogen) atoms. The lowest BCUT2D eigenvalue weighted by molar-refractivity contribution is -0.0472. The lowest BCUT2D eigenvalue weighted by atomic mass is 9.49. The van der Waals surface area contributed by atoms with Crippen molar-refractivity contribution in [2.24, 2.45) is 23.2 Å². The number of rotatable bonds is 8. The number of hydrogen-bond donors (Lipinski definition) is 2. The van der Waals surface area contributed by atoms with Crippen LogP contribution in [-0.4, -0.2) is 47.3 Å². The van der Waals surface area contributed by atoms with Gasteiger partial charge in [0.1, 0.15) is 5.82 Å². The molecule has 2 aromatic heterocycles. The Morgan fingerprint density at radius 2 is 1.69 bits per heavy atom. The molecule has 10 rings (SSSR count). The van der Waals surface area contributed by atoms with E-state index in [1.165, 1.54) is 49.9 Å². The first-order valence-electron chi connectivity index (χ1n) is 18.5. The number of aromatic nitrogens is 2. The number of carbonyl (C=O) groups is 2. The van der Waals surface area contributed by atoms with E-state index in [0.717, 1.165) is 62.5 Å². The fraction of sp³-hybridized carbons (Fsp3) is 0.381. The van der Waals surface area contributed by atoms with Gasteiger partial charge in [0.2, 0.25) is 5.88 Å². The predicted molar refractivity (Wildman–Crippen MR) is 206 cm³/mol. The summed E-state index contributed by atoms with van der Waals surface area (Å²) in [6.07, 6.45) is 7.64. The summed E-state index contributed by atoms with van der Waals surface area (Å²) in [6.45, 7) is 4.27. The lowest BCUT2D eigenvalue weighted by Gasteiger charge is -2.57. The Bertz CT molecular complexity index is 2150. The molecule has 4 aliphatic carbocycles. The number of anilines is 3. The first-order chi connectivity index (χ1) is 25.2. The molecule has 0 atom stereocenters. The van der Waals surface area contributed by atoms with E-state index >= 15 is 0 Å². The molecule has 0 unspecified atom stereocenters. The Morgan fingerprint density at radius 3 is 2.44 bits per heavy atom. The van der Waals surface area contributed by atoms with Gasteiger partial charge >= 0.3 is 6.16 Å². The fourth-order valence-electron chi connectivity index (χ4n) is 10.5. The van der Waals surface area contributed by atoms with Crippen LogP contribution in [0.2, 0.25) is 0 Å². The van der Waals surface area contributed by atoms with Crippen molar-refractivity contribution in [1.29, 1.82) is 0 Å². The Morgan fingerprint density at radius 1 is 0.942 bits per heavy atom. The van der Waals surface area contributed by atoms with Gasteiger partial charge in [0.05, 0.1) is 10.2 Å². The summed E-state index contributed by atoms with van der Waals surface area (Å²) in [7, 11) is 2.21. The second-order valence-electron chi connectivity index (χ2n) is 15.7. The van der Waals surface area contributed by atoms with Gasteiger partial charge in [-0.1, -0.05) is 47.7 Å². The number of ether oxygens (including phenoxy) is 1. The summed E-state index contributed by atoms with van der Waals surface area (Å²) >= 11 is 1.45. The van der Waals surface area contributed by atoms with Crippen LogP contribution in [0.3, 0.4) is 0 Å². The highest BCUT2D eigenvalue weighted by molar-refractivity contribution is 7.22. The predicted octanol–water partition coefficient (Wildman–Crippen LogP) is 9.19. The number of amides is 1. The molecule has 1 aliphatic heterocycles. The van der Waals surface area contributed by atoms with Gasteiger partial charge in [-0.25, -0.2) is 9.78 Å². The zero-order valence-corrected chi connectivity index (χ0v) is 30.4. The standard InChI is InChI=1S/C42H43N5O4S/c1-25-30(8-6-11-35(25)46(2)24-42-20-26-17-27(21-42)19-28(18-26)22-42)32-13-14-37(44-39(32)51-41(49)50)47-16-15-29-7-5-9-31(33(29)23-47)38(48)45-40-43-34-10-3-4-12-36(34)52-40/h3-14,26-28H,15-24H2,1-2H3,(H,49,50)(H,43,45,48). The summed E-state index contributed by atoms with van der Waals surface area (Å²) in [6, 6.07) is 23.8. The van der Waals surface area contributed by atoms with Gasteiger partial charge in [0, 0.05) is 43.5 Å². The van der Waals surface area contributed by atoms with Gasteiger partial charge in [-0.05, 0) is 134 Å². The number of nitrogens with zero attached hydrogens (tertiary/aromatic N) is 4. The maximum absolute atomic E-state index is 13.6. The first-order valence-corrected chi connectivity index (χ1v) is 19.3. The molecule has 3 aromatic carbocycles. The van der Waals surface area contributed by atoms with E-state index in [2.05, 4.69) is 52.3 Å². The van der Waals surface area contributed by atoms with E-state index in [1.54, 1.807) is 0 Å². The third-order valence-corrected chi connectivity index (χ3v) is 13.1. The highest BCUT2D eigenvalue weighted by Gasteiger charge is 2.51. The topological polar surface area (TPSA) is 108 Å². The van der Waals surface area contributed by atoms with E-state index < -0.39 is 6.16 Å². The average molecular weight is 714 g/mol. The quantitative estimate of drug-likeness (QED) is 0.153. The van der Waals surface area contributed by atoms with Crippen LogP contribution in [0.1, 0.15) is 65.6 Å². The molecule has 9 nitrogen and oxygen atoms in total. The smallest absolute Gasteiger partial charge is 0.449 e. The SMILES string of the molecule is Cc1c(-c2ccc(N3CCc4cccc(C(=O)Nc5nc6ccccc6s5)c4C3)nc2OC(=O)O)cccc1N(C)CC12CC3CC(CC(C3)C1)C2. The number of hydrogen-bond acceptors (Lipinski definition) is 8. The number of para-hydroxylation sites is 1. The van der Waals surface area contributed by atoms with E-state index in [4.69, 9.17) is 9.72 Å². The molecule has 5 aliphatic rings. The lowest BCUT2D eigenvalue weighted by Crippen LogP contribution is -2.50. The summed E-state index contributed by atoms with van der Waals surface area (Å²) < 4.78 is 6.41. The molecular formula is C42H43N5O4S. The van der Waals surface area contributed by atoms with Gasteiger partial charge in [0.15, 0.2) is 5.13 Å². The normalized spacial score (nSPS) is 23.0. The van der Waals surface area contributed by atoms with Gasteiger partial charge in [-0.2, -0.15) is 4.98 Å². The largest absolute Gasteiger partial charge is 0.512 e. The minimum atomic E-state index is -1.41. The fourth-order valence-corrected chi connectivity index (χ4v) is 11.3. The molecule has 2 N–H and O–H groups in total. The number of carboxylic acid groups (broad SMARTS) is 1. The molecule has 266 valence electrons. The Labute approximate surface area is 307 Å². The number of pyridine rings is 1. The summed E-state index contributed by atoms with van der Waals surface area (Å²) in [5.74, 6) is 3.14. The van der Waals surface area contributed by atoms with E-state index in [-0.39, 0.29) is 11.8 Å². The zero-order chi connectivity index (χ0) is 35.6. The Hall–Kier alpha value is -4.96. The molecule has 0 saturated heterocycles. The van der Waals surface area contributed by atoms with Crippen molar-refractivity contribution < 1.29 is 19.4 Å². The molecule has 4 bridgehead atoms. The molecule has 0 radical (unpaired) electrons. The van der Waals surface area contributed by atoms with Crippen LogP contribution >= 0.6 is 11.3 Å². The van der Waals surface area contributed by atoms with Crippen molar-refractivity contribution in [3.63, 3.8) is 0 Å². The van der Waals surface area contributed by atoms with Gasteiger partial charge in [0.25, 0.3) is 5.91 Å². The number of fused-ring (bicyclic) bond motifs is 2. The van der Waals surface area contributed by atoms with Crippen LogP contribution in [0.25, 0.3) is 21.3 Å². The van der Waals surface area contributed by atoms with E-state index in [9.17, 15) is 14.7 Å². The van der Waals surface area contributed by atoms with Crippen LogP contribution in [0.5, 0.6) is 5.88 Å². The third kappa shape index (κ3) is 6.06. The Balaban J connectivity index is 0.977. The van der Waals surface area contributed by atoms with Crippen LogP contribution in [0.15, 0.2) is 72.8 Å². The number of thiazole rings is 1. The number of benzene rings is 3. The van der Waals surface area contributed by atoms with Crippen molar-refractivity contribution in [2.75, 3.05) is 35.3 Å².